The Hall–Kier alpha value is -1.93. The molecule has 0 radical (unpaired) electrons. The second-order valence-corrected chi connectivity index (χ2v) is 11.6. The van der Waals surface area contributed by atoms with Gasteiger partial charge in [0.25, 0.3) is 5.91 Å². The molecule has 2 aliphatic rings. The number of sulfonamides is 1. The maximum absolute atomic E-state index is 13.1. The third kappa shape index (κ3) is 6.39. The van der Waals surface area contributed by atoms with Crippen LogP contribution in [-0.2, 0) is 23.1 Å². The smallest absolute Gasteiger partial charge is 0.253 e. The molecule has 2 heterocycles. The zero-order chi connectivity index (χ0) is 24.0. The summed E-state index contributed by atoms with van der Waals surface area (Å²) < 4.78 is 27.8. The monoisotopic (exact) mass is 503 g/mol. The highest BCUT2D eigenvalue weighted by atomic mass is 35.5. The van der Waals surface area contributed by atoms with Crippen molar-refractivity contribution in [3.05, 3.63) is 64.2 Å². The van der Waals surface area contributed by atoms with Gasteiger partial charge in [0.1, 0.15) is 0 Å². The Labute approximate surface area is 208 Å². The molecule has 8 heteroatoms. The molecule has 0 atom stereocenters. The van der Waals surface area contributed by atoms with Gasteiger partial charge in [0.05, 0.1) is 15.5 Å². The Kier molecular flexibility index (Phi) is 8.64. The number of carbonyl (C=O) groups excluding carboxylic acids is 1. The van der Waals surface area contributed by atoms with Gasteiger partial charge >= 0.3 is 0 Å². The van der Waals surface area contributed by atoms with Crippen LogP contribution in [0.15, 0.2) is 47.4 Å². The van der Waals surface area contributed by atoms with E-state index in [9.17, 15) is 13.2 Å². The lowest BCUT2D eigenvalue weighted by Crippen LogP contribution is -2.32. The number of nitrogens with zero attached hydrogens (tertiary/aromatic N) is 2. The van der Waals surface area contributed by atoms with E-state index in [1.807, 2.05) is 12.1 Å². The van der Waals surface area contributed by atoms with Gasteiger partial charge in [0, 0.05) is 26.2 Å². The van der Waals surface area contributed by atoms with Gasteiger partial charge in [0.15, 0.2) is 0 Å². The van der Waals surface area contributed by atoms with E-state index in [1.54, 1.807) is 0 Å². The maximum atomic E-state index is 13.1. The summed E-state index contributed by atoms with van der Waals surface area (Å²) in [6.45, 7) is 4.65. The first-order valence-electron chi connectivity index (χ1n) is 12.3. The molecule has 184 valence electrons. The quantitative estimate of drug-likeness (QED) is 0.588. The molecule has 0 bridgehead atoms. The van der Waals surface area contributed by atoms with Crippen molar-refractivity contribution < 1.29 is 13.2 Å². The molecule has 0 spiro atoms. The second kappa shape index (κ2) is 11.7. The number of hydrogen-bond donors (Lipinski definition) is 1. The SMILES string of the molecule is O=C(NCc1ccc(CN2CCCCC2)cc1)c1cc(S(=O)(=O)N2CCCCCC2)ccc1Cl. The first-order valence-corrected chi connectivity index (χ1v) is 14.1. The van der Waals surface area contributed by atoms with E-state index in [4.69, 9.17) is 11.6 Å². The predicted molar refractivity (Wildman–Crippen MR) is 135 cm³/mol. The molecule has 2 saturated heterocycles. The Morgan fingerprint density at radius 3 is 2.09 bits per heavy atom. The molecule has 0 unspecified atom stereocenters. The van der Waals surface area contributed by atoms with Gasteiger partial charge < -0.3 is 5.32 Å². The predicted octanol–water partition coefficient (Wildman–Crippen LogP) is 4.82. The van der Waals surface area contributed by atoms with Crippen LogP contribution in [0.25, 0.3) is 0 Å². The summed E-state index contributed by atoms with van der Waals surface area (Å²) in [6, 6.07) is 12.7. The van der Waals surface area contributed by atoms with E-state index in [-0.39, 0.29) is 21.4 Å². The van der Waals surface area contributed by atoms with Crippen molar-refractivity contribution in [3.63, 3.8) is 0 Å². The molecule has 2 aromatic carbocycles. The fourth-order valence-electron chi connectivity index (χ4n) is 4.69. The molecule has 1 amide bonds. The zero-order valence-corrected chi connectivity index (χ0v) is 21.2. The third-order valence-corrected chi connectivity index (χ3v) is 8.94. The van der Waals surface area contributed by atoms with E-state index in [2.05, 4.69) is 22.3 Å². The number of benzene rings is 2. The first-order chi connectivity index (χ1) is 16.4. The summed E-state index contributed by atoms with van der Waals surface area (Å²) in [6.07, 6.45) is 7.67. The standard InChI is InChI=1S/C26H34ClN3O3S/c27-25-13-12-23(34(32,33)30-16-6-1-2-7-17-30)18-24(25)26(31)28-19-21-8-10-22(11-9-21)20-29-14-4-3-5-15-29/h8-13,18H,1-7,14-17,19-20H2,(H,28,31). The van der Waals surface area contributed by atoms with E-state index in [0.717, 1.165) is 50.9 Å². The molecule has 34 heavy (non-hydrogen) atoms. The summed E-state index contributed by atoms with van der Waals surface area (Å²) in [5.41, 5.74) is 2.44. The number of carbonyl (C=O) groups is 1. The molecule has 2 fully saturated rings. The minimum absolute atomic E-state index is 0.117. The molecule has 1 N–H and O–H groups in total. The Morgan fingerprint density at radius 1 is 0.824 bits per heavy atom. The summed E-state index contributed by atoms with van der Waals surface area (Å²) in [5, 5.41) is 3.12. The van der Waals surface area contributed by atoms with Crippen LogP contribution < -0.4 is 5.32 Å². The topological polar surface area (TPSA) is 69.7 Å². The van der Waals surface area contributed by atoms with E-state index in [0.29, 0.717) is 19.6 Å². The zero-order valence-electron chi connectivity index (χ0n) is 19.6. The van der Waals surface area contributed by atoms with Gasteiger partial charge in [-0.05, 0) is 68.1 Å². The maximum Gasteiger partial charge on any atom is 0.253 e. The number of hydrogen-bond acceptors (Lipinski definition) is 4. The average Bonchev–Trinajstić information content (AvgIpc) is 3.15. The number of rotatable bonds is 7. The van der Waals surface area contributed by atoms with E-state index >= 15 is 0 Å². The highest BCUT2D eigenvalue weighted by molar-refractivity contribution is 7.89. The Balaban J connectivity index is 1.39. The summed E-state index contributed by atoms with van der Waals surface area (Å²) >= 11 is 6.27. The fourth-order valence-corrected chi connectivity index (χ4v) is 6.43. The summed E-state index contributed by atoms with van der Waals surface area (Å²) in [5.74, 6) is -0.379. The molecule has 6 nitrogen and oxygen atoms in total. The van der Waals surface area contributed by atoms with Crippen molar-refractivity contribution in [1.82, 2.24) is 14.5 Å². The van der Waals surface area contributed by atoms with Crippen LogP contribution in [0.2, 0.25) is 5.02 Å². The minimum Gasteiger partial charge on any atom is -0.348 e. The van der Waals surface area contributed by atoms with Gasteiger partial charge in [-0.1, -0.05) is 55.1 Å². The average molecular weight is 504 g/mol. The number of halogens is 1. The van der Waals surface area contributed by atoms with Crippen molar-refractivity contribution in [2.24, 2.45) is 0 Å². The van der Waals surface area contributed by atoms with Crippen LogP contribution in [0.5, 0.6) is 0 Å². The summed E-state index contributed by atoms with van der Waals surface area (Å²) in [7, 11) is -3.65. The summed E-state index contributed by atoms with van der Waals surface area (Å²) in [4.78, 5) is 15.5. The number of piperidine rings is 1. The second-order valence-electron chi connectivity index (χ2n) is 9.30. The Bertz CT molecular complexity index is 1070. The van der Waals surface area contributed by atoms with Crippen molar-refractivity contribution in [2.75, 3.05) is 26.2 Å². The molecule has 4 rings (SSSR count). The number of amides is 1. The number of nitrogens with one attached hydrogen (secondary N) is 1. The lowest BCUT2D eigenvalue weighted by atomic mass is 10.1. The normalized spacial score (nSPS) is 18.4. The molecule has 2 aliphatic heterocycles. The van der Waals surface area contributed by atoms with Gasteiger partial charge in [-0.3, -0.25) is 9.69 Å². The molecule has 0 aromatic heterocycles. The number of likely N-dealkylation sites (tertiary alicyclic amines) is 1. The highest BCUT2D eigenvalue weighted by Crippen LogP contribution is 2.25. The first kappa shape index (κ1) is 25.2. The van der Waals surface area contributed by atoms with Gasteiger partial charge in [-0.25, -0.2) is 8.42 Å². The molecule has 2 aromatic rings. The van der Waals surface area contributed by atoms with Crippen LogP contribution in [0.3, 0.4) is 0 Å². The van der Waals surface area contributed by atoms with Crippen molar-refractivity contribution in [1.29, 1.82) is 0 Å². The Morgan fingerprint density at radius 2 is 1.41 bits per heavy atom. The van der Waals surface area contributed by atoms with Crippen LogP contribution >= 0.6 is 11.6 Å². The van der Waals surface area contributed by atoms with Crippen LogP contribution in [0.1, 0.15) is 66.4 Å². The van der Waals surface area contributed by atoms with Gasteiger partial charge in [0.2, 0.25) is 10.0 Å². The largest absolute Gasteiger partial charge is 0.348 e. The molecular formula is C26H34ClN3O3S. The minimum atomic E-state index is -3.65. The van der Waals surface area contributed by atoms with Crippen LogP contribution in [-0.4, -0.2) is 49.7 Å². The van der Waals surface area contributed by atoms with E-state index < -0.39 is 10.0 Å². The third-order valence-electron chi connectivity index (χ3n) is 6.72. The van der Waals surface area contributed by atoms with Crippen LogP contribution in [0.4, 0.5) is 0 Å². The fraction of sp³-hybridized carbons (Fsp3) is 0.500. The van der Waals surface area contributed by atoms with Crippen LogP contribution in [0, 0.1) is 0 Å². The van der Waals surface area contributed by atoms with Gasteiger partial charge in [-0.2, -0.15) is 4.31 Å². The molecule has 0 aliphatic carbocycles. The molecule has 0 saturated carbocycles. The lowest BCUT2D eigenvalue weighted by molar-refractivity contribution is 0.0951. The van der Waals surface area contributed by atoms with Crippen molar-refractivity contribution >= 4 is 27.5 Å². The van der Waals surface area contributed by atoms with Gasteiger partial charge in [-0.15, -0.1) is 0 Å². The van der Waals surface area contributed by atoms with E-state index in [1.165, 1.54) is 47.3 Å². The van der Waals surface area contributed by atoms with Crippen molar-refractivity contribution in [2.45, 2.75) is 62.9 Å². The highest BCUT2D eigenvalue weighted by Gasteiger charge is 2.26. The van der Waals surface area contributed by atoms with Crippen molar-refractivity contribution in [3.8, 4) is 0 Å². The lowest BCUT2D eigenvalue weighted by Gasteiger charge is -2.26. The molecular weight excluding hydrogens is 470 g/mol.